The lowest BCUT2D eigenvalue weighted by Gasteiger charge is -2.07. The molecule has 16 heteroatoms. The van der Waals surface area contributed by atoms with Crippen LogP contribution in [0.3, 0.4) is 0 Å². The number of anilines is 2. The number of aromatic nitrogens is 7. The molecule has 6 heterocycles. The number of halogens is 1. The van der Waals surface area contributed by atoms with Crippen LogP contribution in [0.5, 0.6) is 0 Å². The lowest BCUT2D eigenvalue weighted by molar-refractivity contribution is -0.385. The summed E-state index contributed by atoms with van der Waals surface area (Å²) in [5.74, 6) is 0. The fourth-order valence-corrected chi connectivity index (χ4v) is 9.24. The summed E-state index contributed by atoms with van der Waals surface area (Å²) in [5.41, 5.74) is 29.3. The summed E-state index contributed by atoms with van der Waals surface area (Å²) in [7, 11) is 0. The smallest absolute Gasteiger partial charge is 0.269 e. The van der Waals surface area contributed by atoms with Crippen LogP contribution in [0.4, 0.5) is 22.7 Å². The Labute approximate surface area is 541 Å². The summed E-state index contributed by atoms with van der Waals surface area (Å²) in [6.07, 6.45) is 17.5. The second-order valence-corrected chi connectivity index (χ2v) is 20.8. The average molecular weight is 1270 g/mol. The SMILES string of the molecule is Brc1ccc(-n2nc(-c3ccccc3)cc2-c2ccccc2)cc1.Nc1ccc(-c2ccncc2)cc1.Nc1ccc(-c2ccncc2)cc1.O=[N+]([O-])c1ccc(-c2ccncc2)cc1.O=[N+]([O-])c1ccc(-c2ccncc2)cc1.c1ccc(-c2ccncc2)cc1. The molecular weight excluding hydrogens is 1210 g/mol. The number of nitrogens with two attached hydrogens (primary N) is 2. The Bertz CT molecular complexity index is 4250. The van der Waals surface area contributed by atoms with Crippen LogP contribution >= 0.6 is 15.9 Å². The lowest BCUT2D eigenvalue weighted by atomic mass is 10.1. The number of nitrogens with zero attached hydrogens (tertiary/aromatic N) is 9. The molecule has 14 rings (SSSR count). The van der Waals surface area contributed by atoms with Crippen LogP contribution in [0, 0.1) is 20.2 Å². The molecule has 0 aliphatic carbocycles. The molecule has 14 aromatic rings. The van der Waals surface area contributed by atoms with Gasteiger partial charge in [-0.1, -0.05) is 131 Å². The number of benzene rings is 8. The Morgan fingerprint density at radius 1 is 0.304 bits per heavy atom. The molecular formula is C76H60BrN11O4. The Morgan fingerprint density at radius 2 is 0.565 bits per heavy atom. The molecule has 0 aliphatic rings. The molecule has 92 heavy (non-hydrogen) atoms. The number of nitrogen functional groups attached to an aromatic ring is 2. The van der Waals surface area contributed by atoms with Gasteiger partial charge in [0.2, 0.25) is 0 Å². The van der Waals surface area contributed by atoms with Crippen molar-refractivity contribution in [2.75, 3.05) is 11.5 Å². The van der Waals surface area contributed by atoms with Gasteiger partial charge in [0.15, 0.2) is 0 Å². The monoisotopic (exact) mass is 1270 g/mol. The van der Waals surface area contributed by atoms with E-state index in [1.54, 1.807) is 73.8 Å². The molecule has 0 fully saturated rings. The van der Waals surface area contributed by atoms with Crippen LogP contribution in [0.2, 0.25) is 0 Å². The van der Waals surface area contributed by atoms with Gasteiger partial charge in [-0.25, -0.2) is 4.68 Å². The number of non-ortho nitro benzene ring substituents is 2. The number of hydrogen-bond donors (Lipinski definition) is 2. The van der Waals surface area contributed by atoms with Gasteiger partial charge in [-0.05, 0) is 195 Å². The molecule has 0 spiro atoms. The standard InChI is InChI=1S/C21H15BrN2.2C11H8N2O2.2C11H10N2.C11H9N/c22-18-11-13-19(14-12-18)24-21(17-9-5-2-6-10-17)15-20(23-24)16-7-3-1-4-8-16;2*14-13(15)11-3-1-9(2-4-11)10-5-7-12-8-6-10;2*12-11-3-1-9(2-4-11)10-5-7-13-8-6-10;1-2-4-10(5-3-1)11-6-8-12-9-7-11/h1-15H;2*1-8H;2*1-8H,12H2;1-9H. The van der Waals surface area contributed by atoms with Crippen LogP contribution in [-0.4, -0.2) is 44.5 Å². The predicted molar refractivity (Wildman–Crippen MR) is 373 cm³/mol. The Kier molecular flexibility index (Phi) is 23.4. The molecule has 0 unspecified atom stereocenters. The van der Waals surface area contributed by atoms with Gasteiger partial charge in [-0.15, -0.1) is 0 Å². The molecule has 8 aromatic carbocycles. The van der Waals surface area contributed by atoms with E-state index in [1.807, 2.05) is 181 Å². The second kappa shape index (κ2) is 33.6. The third-order valence-electron chi connectivity index (χ3n) is 13.7. The first-order chi connectivity index (χ1) is 45.0. The zero-order valence-corrected chi connectivity index (χ0v) is 51.1. The highest BCUT2D eigenvalue weighted by molar-refractivity contribution is 9.10. The number of nitro groups is 2. The van der Waals surface area contributed by atoms with Crippen molar-refractivity contribution in [1.29, 1.82) is 0 Å². The molecule has 0 saturated heterocycles. The van der Waals surface area contributed by atoms with E-state index in [0.717, 1.165) is 88.6 Å². The molecule has 0 atom stereocenters. The van der Waals surface area contributed by atoms with Gasteiger partial charge in [0.05, 0.1) is 26.9 Å². The summed E-state index contributed by atoms with van der Waals surface area (Å²) in [4.78, 5) is 39.8. The van der Waals surface area contributed by atoms with Gasteiger partial charge in [0, 0.05) is 113 Å². The number of nitro benzene ring substituents is 2. The van der Waals surface area contributed by atoms with Crippen molar-refractivity contribution >= 4 is 38.7 Å². The van der Waals surface area contributed by atoms with Gasteiger partial charge in [0.25, 0.3) is 11.4 Å². The number of pyridine rings is 5. The summed E-state index contributed by atoms with van der Waals surface area (Å²) in [6.45, 7) is 0. The van der Waals surface area contributed by atoms with Crippen molar-refractivity contribution in [3.8, 4) is 83.8 Å². The van der Waals surface area contributed by atoms with Crippen LogP contribution in [0.25, 0.3) is 83.8 Å². The van der Waals surface area contributed by atoms with Crippen molar-refractivity contribution in [3.05, 3.63) is 366 Å². The van der Waals surface area contributed by atoms with Crippen molar-refractivity contribution < 1.29 is 9.85 Å². The topological polar surface area (TPSA) is 221 Å². The first-order valence-electron chi connectivity index (χ1n) is 28.8. The summed E-state index contributed by atoms with van der Waals surface area (Å²) in [6, 6.07) is 89.2. The van der Waals surface area contributed by atoms with E-state index in [-0.39, 0.29) is 11.4 Å². The maximum absolute atomic E-state index is 10.4. The minimum absolute atomic E-state index is 0.104. The summed E-state index contributed by atoms with van der Waals surface area (Å²) >= 11 is 3.49. The molecule has 15 nitrogen and oxygen atoms in total. The van der Waals surface area contributed by atoms with Crippen molar-refractivity contribution in [2.24, 2.45) is 0 Å². The predicted octanol–water partition coefficient (Wildman–Crippen LogP) is 18.7. The first kappa shape index (κ1) is 64.1. The summed E-state index contributed by atoms with van der Waals surface area (Å²) in [5, 5.41) is 25.7. The van der Waals surface area contributed by atoms with Crippen molar-refractivity contribution in [1.82, 2.24) is 34.7 Å². The Balaban J connectivity index is 0.000000133. The van der Waals surface area contributed by atoms with Gasteiger partial charge in [0.1, 0.15) is 0 Å². The molecule has 450 valence electrons. The van der Waals surface area contributed by atoms with Crippen molar-refractivity contribution in [2.45, 2.75) is 0 Å². The Morgan fingerprint density at radius 3 is 0.870 bits per heavy atom. The highest BCUT2D eigenvalue weighted by atomic mass is 79.9. The van der Waals surface area contributed by atoms with E-state index >= 15 is 0 Å². The average Bonchev–Trinajstić information content (AvgIpc) is 1.79. The number of rotatable bonds is 10. The van der Waals surface area contributed by atoms with Crippen LogP contribution in [-0.2, 0) is 0 Å². The highest BCUT2D eigenvalue weighted by Gasteiger charge is 2.13. The first-order valence-corrected chi connectivity index (χ1v) is 29.6. The van der Waals surface area contributed by atoms with Crippen LogP contribution in [0.15, 0.2) is 345 Å². The molecule has 0 amide bonds. The van der Waals surface area contributed by atoms with E-state index in [4.69, 9.17) is 16.6 Å². The van der Waals surface area contributed by atoms with Crippen molar-refractivity contribution in [3.63, 3.8) is 0 Å². The number of hydrogen-bond acceptors (Lipinski definition) is 12. The molecule has 4 N–H and O–H groups in total. The molecule has 0 saturated carbocycles. The van der Waals surface area contributed by atoms with Gasteiger partial charge >= 0.3 is 0 Å². The van der Waals surface area contributed by atoms with E-state index < -0.39 is 9.85 Å². The molecule has 0 radical (unpaired) electrons. The third kappa shape index (κ3) is 19.3. The van der Waals surface area contributed by atoms with Gasteiger partial charge in [-0.3, -0.25) is 45.1 Å². The van der Waals surface area contributed by atoms with Gasteiger partial charge < -0.3 is 11.5 Å². The van der Waals surface area contributed by atoms with E-state index in [1.165, 1.54) is 35.4 Å². The summed E-state index contributed by atoms with van der Waals surface area (Å²) < 4.78 is 3.06. The zero-order chi connectivity index (χ0) is 64.1. The normalized spacial score (nSPS) is 10.1. The minimum atomic E-state index is -0.406. The zero-order valence-electron chi connectivity index (χ0n) is 49.5. The van der Waals surface area contributed by atoms with E-state index in [9.17, 15) is 20.2 Å². The van der Waals surface area contributed by atoms with E-state index in [2.05, 4.69) is 108 Å². The minimum Gasteiger partial charge on any atom is -0.399 e. The third-order valence-corrected chi connectivity index (χ3v) is 14.3. The second-order valence-electron chi connectivity index (χ2n) is 19.9. The highest BCUT2D eigenvalue weighted by Crippen LogP contribution is 2.30. The molecule has 0 aliphatic heterocycles. The van der Waals surface area contributed by atoms with E-state index in [0.29, 0.717) is 0 Å². The Hall–Kier alpha value is -12.4. The maximum Gasteiger partial charge on any atom is 0.269 e. The molecule has 6 aromatic heterocycles. The fraction of sp³-hybridized carbons (Fsp3) is 0. The quantitative estimate of drug-likeness (QED) is 0.0742. The van der Waals surface area contributed by atoms with Crippen LogP contribution in [0.1, 0.15) is 0 Å². The van der Waals surface area contributed by atoms with Crippen LogP contribution < -0.4 is 11.5 Å². The largest absolute Gasteiger partial charge is 0.399 e. The maximum atomic E-state index is 10.4. The lowest BCUT2D eigenvalue weighted by Crippen LogP contribution is -1.98. The molecule has 0 bridgehead atoms. The fourth-order valence-electron chi connectivity index (χ4n) is 8.98. The van der Waals surface area contributed by atoms with Gasteiger partial charge in [-0.2, -0.15) is 5.10 Å².